The van der Waals surface area contributed by atoms with E-state index >= 15 is 0 Å². The van der Waals surface area contributed by atoms with E-state index in [2.05, 4.69) is 0 Å². The molecule has 7 nitrogen and oxygen atoms in total. The first-order valence-corrected chi connectivity index (χ1v) is 8.71. The molecular weight excluding hydrogens is 356 g/mol. The minimum atomic E-state index is -4.36. The van der Waals surface area contributed by atoms with E-state index in [1.54, 1.807) is 24.3 Å². The lowest BCUT2D eigenvalue weighted by molar-refractivity contribution is -0.387. The molecule has 1 amide bonds. The Kier molecular flexibility index (Phi) is 4.02. The number of carbonyl (C=O) groups is 1. The van der Waals surface area contributed by atoms with Gasteiger partial charge in [-0.05, 0) is 17.7 Å². The zero-order valence-corrected chi connectivity index (χ0v) is 13.7. The first-order valence-electron chi connectivity index (χ1n) is 6.89. The normalized spacial score (nSPS) is 17.5. The number of β-lactam (4-membered cyclic amide) rings is 1. The van der Waals surface area contributed by atoms with E-state index in [0.717, 1.165) is 12.1 Å². The summed E-state index contributed by atoms with van der Waals surface area (Å²) in [5.41, 5.74) is -0.0870. The number of nitrogens with zero attached hydrogens (tertiary/aromatic N) is 2. The summed E-state index contributed by atoms with van der Waals surface area (Å²) in [6.07, 6.45) is -0.0242. The van der Waals surface area contributed by atoms with Crippen molar-refractivity contribution in [3.8, 4) is 0 Å². The number of hydrogen-bond donors (Lipinski definition) is 0. The van der Waals surface area contributed by atoms with Gasteiger partial charge in [0.2, 0.25) is 5.91 Å². The number of para-hydroxylation sites is 1. The number of hydrogen-bond acceptors (Lipinski definition) is 5. The van der Waals surface area contributed by atoms with E-state index in [1.165, 1.54) is 12.1 Å². The van der Waals surface area contributed by atoms with Crippen molar-refractivity contribution < 1.29 is 18.1 Å². The van der Waals surface area contributed by atoms with Crippen LogP contribution in [-0.4, -0.2) is 23.6 Å². The average Bonchev–Trinajstić information content (AvgIpc) is 2.53. The standard InChI is InChI=1S/C15H11ClN2O5S/c16-11-6-2-1-5-10(11)13-9-15(19)17(13)24(22,23)14-8-4-3-7-12(14)18(20)21/h1-8,13H,9H2/t13-/m0/s1. The number of sulfonamides is 1. The van der Waals surface area contributed by atoms with Crippen molar-refractivity contribution in [2.75, 3.05) is 0 Å². The van der Waals surface area contributed by atoms with Crippen LogP contribution in [0.3, 0.4) is 0 Å². The third kappa shape index (κ3) is 2.53. The molecular formula is C15H11ClN2O5S. The van der Waals surface area contributed by atoms with Crippen LogP contribution in [0, 0.1) is 10.1 Å². The minimum Gasteiger partial charge on any atom is -0.274 e. The first kappa shape index (κ1) is 16.4. The summed E-state index contributed by atoms with van der Waals surface area (Å²) in [5.74, 6) is -0.627. The van der Waals surface area contributed by atoms with Crippen molar-refractivity contribution in [2.45, 2.75) is 17.4 Å². The highest BCUT2D eigenvalue weighted by molar-refractivity contribution is 7.90. The Bertz CT molecular complexity index is 944. The summed E-state index contributed by atoms with van der Waals surface area (Å²) in [5, 5.41) is 11.4. The number of amides is 1. The zero-order valence-electron chi connectivity index (χ0n) is 12.1. The van der Waals surface area contributed by atoms with E-state index in [1.807, 2.05) is 0 Å². The van der Waals surface area contributed by atoms with E-state index in [-0.39, 0.29) is 6.42 Å². The van der Waals surface area contributed by atoms with Crippen LogP contribution < -0.4 is 0 Å². The molecule has 0 saturated carbocycles. The Morgan fingerprint density at radius 3 is 2.38 bits per heavy atom. The van der Waals surface area contributed by atoms with Crippen molar-refractivity contribution in [3.05, 3.63) is 69.2 Å². The number of nitro benzene ring substituents is 1. The van der Waals surface area contributed by atoms with Gasteiger partial charge in [-0.1, -0.05) is 41.9 Å². The van der Waals surface area contributed by atoms with Gasteiger partial charge in [-0.2, -0.15) is 0 Å². The Morgan fingerprint density at radius 1 is 1.12 bits per heavy atom. The molecule has 0 unspecified atom stereocenters. The molecule has 1 heterocycles. The summed E-state index contributed by atoms with van der Waals surface area (Å²) in [7, 11) is -4.36. The molecule has 0 bridgehead atoms. The molecule has 1 fully saturated rings. The molecule has 0 spiro atoms. The van der Waals surface area contributed by atoms with Gasteiger partial charge in [-0.15, -0.1) is 0 Å². The predicted octanol–water partition coefficient (Wildman–Crippen LogP) is 2.91. The summed E-state index contributed by atoms with van der Waals surface area (Å²) < 4.78 is 26.3. The number of rotatable bonds is 4. The van der Waals surface area contributed by atoms with E-state index in [0.29, 0.717) is 14.9 Å². The van der Waals surface area contributed by atoms with Crippen LogP contribution in [0.2, 0.25) is 5.02 Å². The molecule has 9 heteroatoms. The molecule has 1 aliphatic rings. The van der Waals surface area contributed by atoms with E-state index in [9.17, 15) is 23.3 Å². The second kappa shape index (κ2) is 5.88. The highest BCUT2D eigenvalue weighted by atomic mass is 35.5. The second-order valence-electron chi connectivity index (χ2n) is 5.16. The second-order valence-corrected chi connectivity index (χ2v) is 7.35. The summed E-state index contributed by atoms with van der Waals surface area (Å²) >= 11 is 6.08. The van der Waals surface area contributed by atoms with Crippen molar-refractivity contribution in [1.29, 1.82) is 0 Å². The quantitative estimate of drug-likeness (QED) is 0.470. The van der Waals surface area contributed by atoms with Crippen molar-refractivity contribution >= 4 is 33.2 Å². The summed E-state index contributed by atoms with van der Waals surface area (Å²) in [4.78, 5) is 21.8. The number of nitro groups is 1. The van der Waals surface area contributed by atoms with Gasteiger partial charge < -0.3 is 0 Å². The fourth-order valence-corrected chi connectivity index (χ4v) is 4.61. The van der Waals surface area contributed by atoms with Gasteiger partial charge in [-0.25, -0.2) is 12.7 Å². The molecule has 2 aromatic rings. The predicted molar refractivity (Wildman–Crippen MR) is 85.9 cm³/mol. The maximum Gasteiger partial charge on any atom is 0.289 e. The molecule has 1 atom stereocenters. The van der Waals surface area contributed by atoms with Gasteiger partial charge in [0, 0.05) is 11.1 Å². The van der Waals surface area contributed by atoms with Gasteiger partial charge >= 0.3 is 0 Å². The third-order valence-corrected chi connectivity index (χ3v) is 5.98. The smallest absolute Gasteiger partial charge is 0.274 e. The fraction of sp³-hybridized carbons (Fsp3) is 0.133. The lowest BCUT2D eigenvalue weighted by atomic mass is 9.97. The first-order chi connectivity index (χ1) is 11.3. The Hall–Kier alpha value is -2.45. The molecule has 124 valence electrons. The molecule has 24 heavy (non-hydrogen) atoms. The van der Waals surface area contributed by atoms with Crippen LogP contribution in [-0.2, 0) is 14.8 Å². The number of halogens is 1. The Morgan fingerprint density at radius 2 is 1.75 bits per heavy atom. The van der Waals surface area contributed by atoms with Gasteiger partial charge in [0.15, 0.2) is 4.90 Å². The Balaban J connectivity index is 2.08. The molecule has 0 N–H and O–H groups in total. The maximum absolute atomic E-state index is 12.8. The van der Waals surface area contributed by atoms with Gasteiger partial charge in [0.1, 0.15) is 0 Å². The Labute approximate surface area is 142 Å². The van der Waals surface area contributed by atoms with Gasteiger partial charge in [-0.3, -0.25) is 14.9 Å². The van der Waals surface area contributed by atoms with Gasteiger partial charge in [0.25, 0.3) is 15.7 Å². The SMILES string of the molecule is O=C1C[C@@H](c2ccccc2Cl)N1S(=O)(=O)c1ccccc1[N+](=O)[O-]. The molecule has 0 aliphatic carbocycles. The van der Waals surface area contributed by atoms with Crippen molar-refractivity contribution in [3.63, 3.8) is 0 Å². The van der Waals surface area contributed by atoms with E-state index < -0.39 is 37.5 Å². The highest BCUT2D eigenvalue weighted by Crippen LogP contribution is 2.42. The zero-order chi connectivity index (χ0) is 17.5. The van der Waals surface area contributed by atoms with Crippen LogP contribution in [0.25, 0.3) is 0 Å². The highest BCUT2D eigenvalue weighted by Gasteiger charge is 2.48. The maximum atomic E-state index is 12.8. The monoisotopic (exact) mass is 366 g/mol. The van der Waals surface area contributed by atoms with Crippen LogP contribution in [0.1, 0.15) is 18.0 Å². The fourth-order valence-electron chi connectivity index (χ4n) is 2.61. The van der Waals surface area contributed by atoms with Crippen LogP contribution in [0.15, 0.2) is 53.4 Å². The molecule has 0 radical (unpaired) electrons. The summed E-state index contributed by atoms with van der Waals surface area (Å²) in [6.45, 7) is 0. The van der Waals surface area contributed by atoms with Crippen LogP contribution in [0.4, 0.5) is 5.69 Å². The molecule has 3 rings (SSSR count). The minimum absolute atomic E-state index is 0.0242. The topological polar surface area (TPSA) is 97.6 Å². The van der Waals surface area contributed by atoms with Crippen LogP contribution >= 0.6 is 11.6 Å². The number of carbonyl (C=O) groups excluding carboxylic acids is 1. The van der Waals surface area contributed by atoms with Crippen molar-refractivity contribution in [1.82, 2.24) is 4.31 Å². The molecule has 0 aromatic heterocycles. The molecule has 1 aliphatic heterocycles. The lowest BCUT2D eigenvalue weighted by Gasteiger charge is -2.39. The third-order valence-electron chi connectivity index (χ3n) is 3.76. The van der Waals surface area contributed by atoms with E-state index in [4.69, 9.17) is 11.6 Å². The largest absolute Gasteiger partial charge is 0.289 e. The lowest BCUT2D eigenvalue weighted by Crippen LogP contribution is -2.49. The average molecular weight is 367 g/mol. The van der Waals surface area contributed by atoms with Gasteiger partial charge in [0.05, 0.1) is 17.4 Å². The number of benzene rings is 2. The molecule has 2 aromatic carbocycles. The van der Waals surface area contributed by atoms with Crippen molar-refractivity contribution in [2.24, 2.45) is 0 Å². The summed E-state index contributed by atoms with van der Waals surface area (Å²) in [6, 6.07) is 10.7. The van der Waals surface area contributed by atoms with Crippen LogP contribution in [0.5, 0.6) is 0 Å². The molecule has 1 saturated heterocycles.